The third-order valence-corrected chi connectivity index (χ3v) is 4.71. The van der Waals surface area contributed by atoms with E-state index in [9.17, 15) is 9.90 Å². The highest BCUT2D eigenvalue weighted by molar-refractivity contribution is 8.14. The first-order valence-corrected chi connectivity index (χ1v) is 9.53. The zero-order valence-electron chi connectivity index (χ0n) is 15.5. The van der Waals surface area contributed by atoms with Gasteiger partial charge in [-0.1, -0.05) is 0 Å². The number of carbonyl (C=O) groups is 1. The lowest BCUT2D eigenvalue weighted by atomic mass is 10.2. The molecule has 0 aromatic heterocycles. The molecule has 1 aliphatic rings. The van der Waals surface area contributed by atoms with Crippen LogP contribution in [0.25, 0.3) is 0 Å². The maximum Gasteiger partial charge on any atom is 0.331 e. The van der Waals surface area contributed by atoms with Crippen molar-refractivity contribution >= 4 is 22.8 Å². The minimum atomic E-state index is -0.527. The number of esters is 1. The molecule has 1 aromatic carbocycles. The number of phenolic OH excluding ortho intramolecular Hbond substituents is 1. The molecule has 2 rings (SSSR count). The van der Waals surface area contributed by atoms with Gasteiger partial charge in [0, 0.05) is 24.5 Å². The van der Waals surface area contributed by atoms with E-state index in [1.54, 1.807) is 19.2 Å². The highest BCUT2D eigenvalue weighted by atomic mass is 32.2. The van der Waals surface area contributed by atoms with Crippen LogP contribution in [-0.2, 0) is 23.7 Å². The summed E-state index contributed by atoms with van der Waals surface area (Å²) < 4.78 is 25.8. The Labute approximate surface area is 162 Å². The number of ether oxygens (including phenoxy) is 5. The van der Waals surface area contributed by atoms with Gasteiger partial charge in [-0.25, -0.2) is 4.79 Å². The molecule has 0 saturated heterocycles. The van der Waals surface area contributed by atoms with Crippen LogP contribution in [0.1, 0.15) is 5.56 Å². The Morgan fingerprint density at radius 3 is 2.52 bits per heavy atom. The summed E-state index contributed by atoms with van der Waals surface area (Å²) in [5.74, 6) is 0.716. The van der Waals surface area contributed by atoms with E-state index in [2.05, 4.69) is 4.99 Å². The molecule has 0 amide bonds. The number of thioether (sulfide) groups is 1. The quantitative estimate of drug-likeness (QED) is 0.417. The van der Waals surface area contributed by atoms with Gasteiger partial charge in [-0.3, -0.25) is 4.99 Å². The van der Waals surface area contributed by atoms with Crippen LogP contribution < -0.4 is 4.74 Å². The number of methoxy groups -OCH3 is 2. The molecule has 8 nitrogen and oxygen atoms in total. The molecule has 0 saturated carbocycles. The molecule has 1 aliphatic heterocycles. The predicted octanol–water partition coefficient (Wildman–Crippen LogP) is 1.49. The first kappa shape index (κ1) is 21.5. The molecule has 0 aliphatic carbocycles. The molecular weight excluding hydrogens is 374 g/mol. The van der Waals surface area contributed by atoms with Crippen LogP contribution in [0.2, 0.25) is 0 Å². The fourth-order valence-electron chi connectivity index (χ4n) is 2.24. The number of aliphatic imine (C=N–C) groups is 1. The van der Waals surface area contributed by atoms with Gasteiger partial charge < -0.3 is 28.8 Å². The number of carbonyl (C=O) groups excluding carboxylic acids is 1. The van der Waals surface area contributed by atoms with Gasteiger partial charge in [-0.15, -0.1) is 11.8 Å². The van der Waals surface area contributed by atoms with Crippen LogP contribution in [0.15, 0.2) is 23.2 Å². The molecule has 150 valence electrons. The molecule has 1 heterocycles. The molecule has 0 bridgehead atoms. The minimum absolute atomic E-state index is 0.0525. The second-order valence-corrected chi connectivity index (χ2v) is 6.54. The van der Waals surface area contributed by atoms with Gasteiger partial charge in [0.2, 0.25) is 0 Å². The lowest BCUT2D eigenvalue weighted by molar-refractivity contribution is -0.141. The first-order chi connectivity index (χ1) is 13.2. The Balaban J connectivity index is 1.73. The van der Waals surface area contributed by atoms with Gasteiger partial charge in [0.05, 0.1) is 40.1 Å². The van der Waals surface area contributed by atoms with Crippen LogP contribution >= 0.6 is 11.8 Å². The third-order valence-electron chi connectivity index (χ3n) is 3.62. The highest BCUT2D eigenvalue weighted by Gasteiger charge is 2.27. The van der Waals surface area contributed by atoms with E-state index < -0.39 is 6.04 Å². The van der Waals surface area contributed by atoms with E-state index in [0.717, 1.165) is 0 Å². The lowest BCUT2D eigenvalue weighted by Gasteiger charge is -2.10. The lowest BCUT2D eigenvalue weighted by Crippen LogP contribution is -2.19. The van der Waals surface area contributed by atoms with E-state index in [1.807, 2.05) is 0 Å². The molecule has 0 radical (unpaired) electrons. The highest BCUT2D eigenvalue weighted by Crippen LogP contribution is 2.31. The molecule has 27 heavy (non-hydrogen) atoms. The molecule has 1 atom stereocenters. The van der Waals surface area contributed by atoms with Gasteiger partial charge in [0.25, 0.3) is 0 Å². The van der Waals surface area contributed by atoms with Gasteiger partial charge in [-0.2, -0.15) is 0 Å². The van der Waals surface area contributed by atoms with E-state index >= 15 is 0 Å². The Morgan fingerprint density at radius 2 is 1.85 bits per heavy atom. The van der Waals surface area contributed by atoms with Gasteiger partial charge in [-0.05, 0) is 12.1 Å². The third kappa shape index (κ3) is 7.02. The first-order valence-electron chi connectivity index (χ1n) is 8.54. The summed E-state index contributed by atoms with van der Waals surface area (Å²) in [4.78, 5) is 15.8. The predicted molar refractivity (Wildman–Crippen MR) is 102 cm³/mol. The van der Waals surface area contributed by atoms with Crippen LogP contribution in [0.4, 0.5) is 0 Å². The second-order valence-electron chi connectivity index (χ2n) is 5.53. The fraction of sp³-hybridized carbons (Fsp3) is 0.556. The van der Waals surface area contributed by atoms with E-state index in [4.69, 9.17) is 23.7 Å². The van der Waals surface area contributed by atoms with Crippen molar-refractivity contribution in [3.05, 3.63) is 23.8 Å². The summed E-state index contributed by atoms with van der Waals surface area (Å²) in [7, 11) is 2.96. The van der Waals surface area contributed by atoms with Crippen LogP contribution in [0, 0.1) is 0 Å². The SMILES string of the molecule is COCCOCCOCCOc1ccc(C2=N[C@@H](C(=O)OC)CS2)c(O)c1. The molecule has 0 fully saturated rings. The number of aromatic hydroxyl groups is 1. The second kappa shape index (κ2) is 11.8. The van der Waals surface area contributed by atoms with E-state index in [1.165, 1.54) is 24.9 Å². The Morgan fingerprint density at radius 1 is 1.15 bits per heavy atom. The topological polar surface area (TPSA) is 95.8 Å². The Hall–Kier alpha value is -1.81. The zero-order chi connectivity index (χ0) is 19.5. The molecule has 9 heteroatoms. The molecule has 0 unspecified atom stereocenters. The van der Waals surface area contributed by atoms with Crippen molar-refractivity contribution in [1.29, 1.82) is 0 Å². The van der Waals surface area contributed by atoms with Gasteiger partial charge >= 0.3 is 5.97 Å². The van der Waals surface area contributed by atoms with Crippen molar-refractivity contribution in [3.63, 3.8) is 0 Å². The van der Waals surface area contributed by atoms with Crippen LogP contribution in [0.5, 0.6) is 11.5 Å². The standard InChI is InChI=1S/C18H25NO7S/c1-22-5-6-24-7-8-25-9-10-26-13-3-4-14(16(20)11-13)17-19-15(12-27-17)18(21)23-2/h3-4,11,15,20H,5-10,12H2,1-2H3/t15-/m1/s1. The maximum absolute atomic E-state index is 11.5. The van der Waals surface area contributed by atoms with Crippen molar-refractivity contribution in [1.82, 2.24) is 0 Å². The molecule has 1 aromatic rings. The molecule has 1 N–H and O–H groups in total. The number of nitrogens with zero attached hydrogens (tertiary/aromatic N) is 1. The number of phenols is 1. The van der Waals surface area contributed by atoms with Crippen molar-refractivity contribution in [3.8, 4) is 11.5 Å². The van der Waals surface area contributed by atoms with Crippen molar-refractivity contribution in [2.45, 2.75) is 6.04 Å². The summed E-state index contributed by atoms with van der Waals surface area (Å²) >= 11 is 1.41. The van der Waals surface area contributed by atoms with E-state index in [0.29, 0.717) is 61.8 Å². The van der Waals surface area contributed by atoms with E-state index in [-0.39, 0.29) is 11.7 Å². The average molecular weight is 399 g/mol. The number of hydrogen-bond donors (Lipinski definition) is 1. The average Bonchev–Trinajstić information content (AvgIpc) is 3.16. The smallest absolute Gasteiger partial charge is 0.331 e. The van der Waals surface area contributed by atoms with Crippen molar-refractivity contribution in [2.24, 2.45) is 4.99 Å². The number of benzene rings is 1. The van der Waals surface area contributed by atoms with Crippen molar-refractivity contribution < 1.29 is 33.6 Å². The number of hydrogen-bond acceptors (Lipinski definition) is 9. The summed E-state index contributed by atoms with van der Waals surface area (Å²) in [5.41, 5.74) is 0.572. The Bertz CT molecular complexity index is 638. The summed E-state index contributed by atoms with van der Waals surface area (Å²) in [6.45, 7) is 2.88. The summed E-state index contributed by atoms with van der Waals surface area (Å²) in [6.07, 6.45) is 0. The molecular formula is C18H25NO7S. The Kier molecular flexibility index (Phi) is 9.40. The van der Waals surface area contributed by atoms with Crippen LogP contribution in [0.3, 0.4) is 0 Å². The van der Waals surface area contributed by atoms with Crippen molar-refractivity contribution in [2.75, 3.05) is 59.6 Å². The normalized spacial score (nSPS) is 16.2. The maximum atomic E-state index is 11.5. The summed E-state index contributed by atoms with van der Waals surface area (Å²) in [6, 6.07) is 4.47. The zero-order valence-corrected chi connectivity index (χ0v) is 16.3. The van der Waals surface area contributed by atoms with Crippen LogP contribution in [-0.4, -0.2) is 81.8 Å². The minimum Gasteiger partial charge on any atom is -0.507 e. The number of rotatable bonds is 12. The van der Waals surface area contributed by atoms with Gasteiger partial charge in [0.15, 0.2) is 6.04 Å². The monoisotopic (exact) mass is 399 g/mol. The fourth-order valence-corrected chi connectivity index (χ4v) is 3.30. The molecule has 0 spiro atoms. The largest absolute Gasteiger partial charge is 0.507 e. The summed E-state index contributed by atoms with van der Waals surface area (Å²) in [5, 5.41) is 10.8. The van der Waals surface area contributed by atoms with Gasteiger partial charge in [0.1, 0.15) is 23.1 Å².